The van der Waals surface area contributed by atoms with Gasteiger partial charge in [-0.05, 0) is 32.5 Å². The number of halogens is 1. The third-order valence-corrected chi connectivity index (χ3v) is 2.61. The molecule has 0 aliphatic carbocycles. The third kappa shape index (κ3) is 3.83. The zero-order chi connectivity index (χ0) is 12.1. The average molecular weight is 244 g/mol. The number of rotatable bonds is 5. The quantitative estimate of drug-likeness (QED) is 0.767. The summed E-state index contributed by atoms with van der Waals surface area (Å²) < 4.78 is 0. The van der Waals surface area contributed by atoms with Crippen LogP contribution in [0.4, 0.5) is 11.5 Å². The van der Waals surface area contributed by atoms with E-state index in [0.717, 1.165) is 13.1 Å². The van der Waals surface area contributed by atoms with Crippen LogP contribution in [-0.2, 0) is 0 Å². The van der Waals surface area contributed by atoms with Crippen LogP contribution >= 0.6 is 11.6 Å². The number of nitrogens with zero attached hydrogens (tertiary/aromatic N) is 3. The molecule has 0 unspecified atom stereocenters. The van der Waals surface area contributed by atoms with Gasteiger partial charge in [0.25, 0.3) is 0 Å². The Morgan fingerprint density at radius 3 is 2.88 bits per heavy atom. The van der Waals surface area contributed by atoms with Gasteiger partial charge in [0.15, 0.2) is 5.82 Å². The molecule has 0 bridgehead atoms. The van der Waals surface area contributed by atoms with Crippen molar-refractivity contribution in [3.63, 3.8) is 0 Å². The highest BCUT2D eigenvalue weighted by Gasteiger charge is 2.05. The van der Waals surface area contributed by atoms with Gasteiger partial charge in [0.1, 0.15) is 0 Å². The Kier molecular flexibility index (Phi) is 4.76. The van der Waals surface area contributed by atoms with Gasteiger partial charge in [-0.1, -0.05) is 0 Å². The van der Waals surface area contributed by atoms with Crippen LogP contribution in [0.1, 0.15) is 13.8 Å². The van der Waals surface area contributed by atoms with Crippen molar-refractivity contribution in [3.8, 4) is 0 Å². The summed E-state index contributed by atoms with van der Waals surface area (Å²) in [5.41, 5.74) is 6.22. The highest BCUT2D eigenvalue weighted by Crippen LogP contribution is 2.15. The van der Waals surface area contributed by atoms with Crippen molar-refractivity contribution in [2.45, 2.75) is 19.9 Å². The number of anilines is 2. The number of aromatic nitrogens is 2. The Morgan fingerprint density at radius 1 is 1.56 bits per heavy atom. The topological polar surface area (TPSA) is 67.1 Å². The van der Waals surface area contributed by atoms with Crippen molar-refractivity contribution >= 4 is 23.1 Å². The number of nitrogen functional groups attached to an aromatic ring is 1. The molecule has 90 valence electrons. The summed E-state index contributed by atoms with van der Waals surface area (Å²) in [5.74, 6) is 0.595. The van der Waals surface area contributed by atoms with Crippen molar-refractivity contribution in [1.29, 1.82) is 0 Å². The molecule has 6 heteroatoms. The summed E-state index contributed by atoms with van der Waals surface area (Å²) in [7, 11) is 2.07. The van der Waals surface area contributed by atoms with E-state index in [-0.39, 0.29) is 5.28 Å². The van der Waals surface area contributed by atoms with Crippen molar-refractivity contribution in [3.05, 3.63) is 11.5 Å². The summed E-state index contributed by atoms with van der Waals surface area (Å²) in [4.78, 5) is 10.0. The maximum atomic E-state index is 5.71. The second-order valence-corrected chi connectivity index (χ2v) is 4.28. The molecular formula is C10H18ClN5. The molecule has 1 heterocycles. The minimum Gasteiger partial charge on any atom is -0.394 e. The zero-order valence-corrected chi connectivity index (χ0v) is 10.6. The van der Waals surface area contributed by atoms with Gasteiger partial charge in [0, 0.05) is 19.1 Å². The Balaban J connectivity index is 2.45. The molecular weight excluding hydrogens is 226 g/mol. The minimum atomic E-state index is 0.203. The smallest absolute Gasteiger partial charge is 0.224 e. The molecule has 0 fully saturated rings. The molecule has 0 saturated carbocycles. The SMILES string of the molecule is CC(C)N(C)CCNc1nc(Cl)ncc1N. The van der Waals surface area contributed by atoms with Crippen LogP contribution in [0.2, 0.25) is 5.28 Å². The number of nitrogens with two attached hydrogens (primary N) is 1. The summed E-state index contributed by atoms with van der Waals surface area (Å²) in [6, 6.07) is 0.521. The number of hydrogen-bond acceptors (Lipinski definition) is 5. The second-order valence-electron chi connectivity index (χ2n) is 3.94. The third-order valence-electron chi connectivity index (χ3n) is 2.43. The van der Waals surface area contributed by atoms with E-state index in [1.807, 2.05) is 0 Å². The van der Waals surface area contributed by atoms with Gasteiger partial charge in [-0.3, -0.25) is 0 Å². The Labute approximate surface area is 101 Å². The first kappa shape index (κ1) is 13.0. The molecule has 0 radical (unpaired) electrons. The maximum absolute atomic E-state index is 5.71. The largest absolute Gasteiger partial charge is 0.394 e. The highest BCUT2D eigenvalue weighted by molar-refractivity contribution is 6.28. The molecule has 3 N–H and O–H groups in total. The lowest BCUT2D eigenvalue weighted by Gasteiger charge is -2.21. The van der Waals surface area contributed by atoms with Crippen LogP contribution in [0.3, 0.4) is 0 Å². The fourth-order valence-electron chi connectivity index (χ4n) is 1.12. The zero-order valence-electron chi connectivity index (χ0n) is 9.87. The summed E-state index contributed by atoms with van der Waals surface area (Å²) in [5, 5.41) is 3.34. The fourth-order valence-corrected chi connectivity index (χ4v) is 1.25. The van der Waals surface area contributed by atoms with Crippen LogP contribution in [0.15, 0.2) is 6.20 Å². The molecule has 0 saturated heterocycles. The molecule has 1 rings (SSSR count). The van der Waals surface area contributed by atoms with Gasteiger partial charge in [0.2, 0.25) is 5.28 Å². The Bertz CT molecular complexity index is 342. The second kappa shape index (κ2) is 5.86. The predicted octanol–water partition coefficient (Wildman–Crippen LogP) is 1.46. The standard InChI is InChI=1S/C10H18ClN5/c1-7(2)16(3)5-4-13-9-8(12)6-14-10(11)15-9/h6-7H,4-5,12H2,1-3H3,(H,13,14,15). The van der Waals surface area contributed by atoms with Crippen LogP contribution in [0.25, 0.3) is 0 Å². The first-order valence-electron chi connectivity index (χ1n) is 5.23. The normalized spacial score (nSPS) is 11.1. The lowest BCUT2D eigenvalue weighted by Crippen LogP contribution is -2.31. The van der Waals surface area contributed by atoms with Crippen molar-refractivity contribution in [2.75, 3.05) is 31.2 Å². The van der Waals surface area contributed by atoms with Crippen LogP contribution in [0.5, 0.6) is 0 Å². The molecule has 0 aliphatic heterocycles. The average Bonchev–Trinajstić information content (AvgIpc) is 2.22. The molecule has 0 aliphatic rings. The highest BCUT2D eigenvalue weighted by atomic mass is 35.5. The van der Waals surface area contributed by atoms with Gasteiger partial charge >= 0.3 is 0 Å². The van der Waals surface area contributed by atoms with Gasteiger partial charge in [0.05, 0.1) is 11.9 Å². The first-order valence-corrected chi connectivity index (χ1v) is 5.60. The molecule has 1 aromatic heterocycles. The lowest BCUT2D eigenvalue weighted by molar-refractivity contribution is 0.284. The predicted molar refractivity (Wildman–Crippen MR) is 67.7 cm³/mol. The number of nitrogens with one attached hydrogen (secondary N) is 1. The van der Waals surface area contributed by atoms with Crippen molar-refractivity contribution in [1.82, 2.24) is 14.9 Å². The van der Waals surface area contributed by atoms with Crippen molar-refractivity contribution in [2.24, 2.45) is 0 Å². The van der Waals surface area contributed by atoms with Gasteiger partial charge in [-0.25, -0.2) is 4.98 Å². The van der Waals surface area contributed by atoms with Crippen molar-refractivity contribution < 1.29 is 0 Å². The Hall–Kier alpha value is -1.07. The molecule has 0 amide bonds. The number of likely N-dealkylation sites (N-methyl/N-ethyl adjacent to an activating group) is 1. The van der Waals surface area contributed by atoms with E-state index in [0.29, 0.717) is 17.5 Å². The van der Waals surface area contributed by atoms with Gasteiger partial charge < -0.3 is 16.0 Å². The molecule has 5 nitrogen and oxygen atoms in total. The maximum Gasteiger partial charge on any atom is 0.224 e. The van der Waals surface area contributed by atoms with Crippen LogP contribution in [-0.4, -0.2) is 41.0 Å². The van der Waals surface area contributed by atoms with E-state index in [2.05, 4.69) is 41.1 Å². The summed E-state index contributed by atoms with van der Waals surface area (Å²) in [6.07, 6.45) is 1.50. The molecule has 1 aromatic rings. The number of hydrogen-bond donors (Lipinski definition) is 2. The van der Waals surface area contributed by atoms with E-state index >= 15 is 0 Å². The fraction of sp³-hybridized carbons (Fsp3) is 0.600. The van der Waals surface area contributed by atoms with E-state index in [1.54, 1.807) is 0 Å². The van der Waals surface area contributed by atoms with E-state index < -0.39 is 0 Å². The van der Waals surface area contributed by atoms with Crippen LogP contribution < -0.4 is 11.1 Å². The summed E-state index contributed by atoms with van der Waals surface area (Å²) in [6.45, 7) is 5.98. The van der Waals surface area contributed by atoms with E-state index in [1.165, 1.54) is 6.20 Å². The van der Waals surface area contributed by atoms with E-state index in [4.69, 9.17) is 17.3 Å². The Morgan fingerprint density at radius 2 is 2.25 bits per heavy atom. The lowest BCUT2D eigenvalue weighted by atomic mass is 10.3. The van der Waals surface area contributed by atoms with Gasteiger partial charge in [-0.2, -0.15) is 4.98 Å². The first-order chi connectivity index (χ1) is 7.50. The van der Waals surface area contributed by atoms with Crippen LogP contribution in [0, 0.1) is 0 Å². The molecule has 0 atom stereocenters. The molecule has 0 spiro atoms. The van der Waals surface area contributed by atoms with E-state index in [9.17, 15) is 0 Å². The molecule has 16 heavy (non-hydrogen) atoms. The minimum absolute atomic E-state index is 0.203. The monoisotopic (exact) mass is 243 g/mol. The summed E-state index contributed by atoms with van der Waals surface area (Å²) >= 11 is 5.68. The molecule has 0 aromatic carbocycles. The van der Waals surface area contributed by atoms with Gasteiger partial charge in [-0.15, -0.1) is 0 Å².